The Bertz CT molecular complexity index is 1000. The van der Waals surface area contributed by atoms with Gasteiger partial charge in [-0.2, -0.15) is 5.10 Å². The first-order valence-corrected chi connectivity index (χ1v) is 10.2. The number of amides is 1. The Morgan fingerprint density at radius 1 is 1.21 bits per heavy atom. The largest absolute Gasteiger partial charge is 0.305 e. The van der Waals surface area contributed by atoms with E-state index in [4.69, 9.17) is 0 Å². The van der Waals surface area contributed by atoms with Crippen LogP contribution in [0.15, 0.2) is 75.4 Å². The zero-order valence-corrected chi connectivity index (χ0v) is 17.5. The molecule has 0 radical (unpaired) electrons. The summed E-state index contributed by atoms with van der Waals surface area (Å²) < 4.78 is 2.84. The van der Waals surface area contributed by atoms with Gasteiger partial charge in [0.25, 0.3) is 5.91 Å². The van der Waals surface area contributed by atoms with Gasteiger partial charge in [0.05, 0.1) is 5.75 Å². The van der Waals surface area contributed by atoms with Crippen LogP contribution in [0.5, 0.6) is 0 Å². The van der Waals surface area contributed by atoms with Crippen molar-refractivity contribution >= 4 is 45.9 Å². The van der Waals surface area contributed by atoms with Gasteiger partial charge in [-0.05, 0) is 23.8 Å². The van der Waals surface area contributed by atoms with Crippen molar-refractivity contribution in [3.8, 4) is 11.4 Å². The predicted octanol–water partition coefficient (Wildman–Crippen LogP) is 4.15. The van der Waals surface area contributed by atoms with Gasteiger partial charge in [-0.3, -0.25) is 4.79 Å². The number of hydrogen-bond donors (Lipinski definition) is 1. The highest BCUT2D eigenvalue weighted by Crippen LogP contribution is 2.24. The number of rotatable bonds is 7. The number of benzene rings is 2. The predicted molar refractivity (Wildman–Crippen MR) is 117 cm³/mol. The Labute approximate surface area is 175 Å². The van der Waals surface area contributed by atoms with Crippen LogP contribution in [-0.2, 0) is 11.8 Å². The van der Waals surface area contributed by atoms with Crippen LogP contribution in [0.4, 0.5) is 0 Å². The Morgan fingerprint density at radius 2 is 2.04 bits per heavy atom. The highest BCUT2D eigenvalue weighted by atomic mass is 79.9. The van der Waals surface area contributed by atoms with E-state index in [0.717, 1.165) is 21.4 Å². The molecule has 1 heterocycles. The molecule has 142 valence electrons. The number of halogens is 1. The Kier molecular flexibility index (Phi) is 7.16. The number of thioether (sulfide) groups is 1. The maximum absolute atomic E-state index is 11.9. The molecular weight excluding hydrogens is 438 g/mol. The molecule has 0 saturated heterocycles. The van der Waals surface area contributed by atoms with Crippen molar-refractivity contribution in [1.82, 2.24) is 20.2 Å². The normalized spacial score (nSPS) is 11.4. The van der Waals surface area contributed by atoms with E-state index in [9.17, 15) is 4.79 Å². The lowest BCUT2D eigenvalue weighted by molar-refractivity contribution is -0.118. The number of carbonyl (C=O) groups excluding carboxylic acids is 1. The Morgan fingerprint density at radius 3 is 2.82 bits per heavy atom. The van der Waals surface area contributed by atoms with Gasteiger partial charge in [0.15, 0.2) is 11.0 Å². The molecule has 3 aromatic rings. The molecule has 28 heavy (non-hydrogen) atoms. The van der Waals surface area contributed by atoms with Crippen LogP contribution >= 0.6 is 27.7 Å². The monoisotopic (exact) mass is 455 g/mol. The number of allylic oxidation sites excluding steroid dienone is 1. The second kappa shape index (κ2) is 10.0. The van der Waals surface area contributed by atoms with E-state index in [-0.39, 0.29) is 11.7 Å². The maximum Gasteiger partial charge on any atom is 0.250 e. The third-order valence-electron chi connectivity index (χ3n) is 3.69. The van der Waals surface area contributed by atoms with Crippen LogP contribution in [0.25, 0.3) is 17.5 Å². The highest BCUT2D eigenvalue weighted by Gasteiger charge is 2.12. The number of carbonyl (C=O) groups is 1. The Hall–Kier alpha value is -2.71. The van der Waals surface area contributed by atoms with E-state index in [2.05, 4.69) is 36.7 Å². The first-order chi connectivity index (χ1) is 13.6. The molecule has 8 heteroatoms. The van der Waals surface area contributed by atoms with Crippen molar-refractivity contribution in [2.45, 2.75) is 5.16 Å². The first-order valence-electron chi connectivity index (χ1n) is 8.45. The van der Waals surface area contributed by atoms with Crippen LogP contribution in [0, 0.1) is 0 Å². The van der Waals surface area contributed by atoms with E-state index >= 15 is 0 Å². The van der Waals surface area contributed by atoms with E-state index in [1.54, 1.807) is 12.3 Å². The smallest absolute Gasteiger partial charge is 0.250 e. The third kappa shape index (κ3) is 5.64. The van der Waals surface area contributed by atoms with Gasteiger partial charge in [-0.1, -0.05) is 76.2 Å². The van der Waals surface area contributed by atoms with Gasteiger partial charge >= 0.3 is 0 Å². The third-order valence-corrected chi connectivity index (χ3v) is 5.20. The van der Waals surface area contributed by atoms with Gasteiger partial charge in [0, 0.05) is 23.3 Å². The molecule has 6 nitrogen and oxygen atoms in total. The van der Waals surface area contributed by atoms with Crippen LogP contribution in [0.2, 0.25) is 0 Å². The first kappa shape index (κ1) is 20.0. The van der Waals surface area contributed by atoms with Gasteiger partial charge in [-0.25, -0.2) is 5.43 Å². The lowest BCUT2D eigenvalue weighted by Gasteiger charge is -2.04. The maximum atomic E-state index is 11.9. The topological polar surface area (TPSA) is 72.2 Å². The number of nitrogens with zero attached hydrogens (tertiary/aromatic N) is 4. The molecule has 0 aliphatic rings. The SMILES string of the molecule is Cn1c(SCC(=O)N/N=C\C=C\c2ccccc2)nnc1-c1cccc(Br)c1. The summed E-state index contributed by atoms with van der Waals surface area (Å²) >= 11 is 4.76. The number of hydrazone groups is 1. The Balaban J connectivity index is 1.50. The van der Waals surface area contributed by atoms with Crippen molar-refractivity contribution in [2.75, 3.05) is 5.75 Å². The number of nitrogens with one attached hydrogen (secondary N) is 1. The summed E-state index contributed by atoms with van der Waals surface area (Å²) in [6.45, 7) is 0. The van der Waals surface area contributed by atoms with E-state index < -0.39 is 0 Å². The summed E-state index contributed by atoms with van der Waals surface area (Å²) in [6, 6.07) is 17.7. The van der Waals surface area contributed by atoms with Crippen molar-refractivity contribution in [2.24, 2.45) is 12.1 Å². The van der Waals surface area contributed by atoms with Crippen LogP contribution in [-0.4, -0.2) is 32.6 Å². The average molecular weight is 456 g/mol. The highest BCUT2D eigenvalue weighted by molar-refractivity contribution is 9.10. The second-order valence-electron chi connectivity index (χ2n) is 5.75. The van der Waals surface area contributed by atoms with Crippen LogP contribution in [0.1, 0.15) is 5.56 Å². The lowest BCUT2D eigenvalue weighted by Crippen LogP contribution is -2.19. The molecule has 1 aromatic heterocycles. The van der Waals surface area contributed by atoms with Gasteiger partial charge in [0.2, 0.25) is 0 Å². The fourth-order valence-electron chi connectivity index (χ4n) is 2.35. The quantitative estimate of drug-likeness (QED) is 0.329. The van der Waals surface area contributed by atoms with Crippen LogP contribution < -0.4 is 5.43 Å². The van der Waals surface area contributed by atoms with Crippen molar-refractivity contribution in [3.63, 3.8) is 0 Å². The molecular formula is C20H18BrN5OS. The van der Waals surface area contributed by atoms with E-state index in [1.165, 1.54) is 11.8 Å². The summed E-state index contributed by atoms with van der Waals surface area (Å²) in [5.74, 6) is 0.735. The summed E-state index contributed by atoms with van der Waals surface area (Å²) in [5, 5.41) is 13.0. The molecule has 2 aromatic carbocycles. The fraction of sp³-hybridized carbons (Fsp3) is 0.100. The van der Waals surface area contributed by atoms with Gasteiger partial charge in [-0.15, -0.1) is 10.2 Å². The molecule has 3 rings (SSSR count). The summed E-state index contributed by atoms with van der Waals surface area (Å²) in [4.78, 5) is 11.9. The molecule has 1 amide bonds. The number of aromatic nitrogens is 3. The minimum absolute atomic E-state index is 0.199. The molecule has 0 saturated carbocycles. The van der Waals surface area contributed by atoms with Crippen molar-refractivity contribution in [3.05, 3.63) is 70.7 Å². The molecule has 0 fully saturated rings. The molecule has 0 atom stereocenters. The molecule has 0 aliphatic carbocycles. The van der Waals surface area contributed by atoms with Gasteiger partial charge < -0.3 is 4.57 Å². The molecule has 0 aliphatic heterocycles. The van der Waals surface area contributed by atoms with Crippen molar-refractivity contribution < 1.29 is 4.79 Å². The summed E-state index contributed by atoms with van der Waals surface area (Å²) in [5.41, 5.74) is 4.52. The molecule has 0 bridgehead atoms. The second-order valence-corrected chi connectivity index (χ2v) is 7.61. The summed E-state index contributed by atoms with van der Waals surface area (Å²) in [6.07, 6.45) is 5.23. The summed E-state index contributed by atoms with van der Waals surface area (Å²) in [7, 11) is 1.88. The zero-order chi connectivity index (χ0) is 19.8. The van der Waals surface area contributed by atoms with Gasteiger partial charge in [0.1, 0.15) is 0 Å². The van der Waals surface area contributed by atoms with Crippen molar-refractivity contribution in [1.29, 1.82) is 0 Å². The molecule has 1 N–H and O–H groups in total. The van der Waals surface area contributed by atoms with Crippen LogP contribution in [0.3, 0.4) is 0 Å². The molecule has 0 unspecified atom stereocenters. The lowest BCUT2D eigenvalue weighted by atomic mass is 10.2. The standard InChI is InChI=1S/C20H18BrN5OS/c1-26-19(16-10-5-11-17(21)13-16)24-25-20(26)28-14-18(27)23-22-12-6-9-15-7-3-2-4-8-15/h2-13H,14H2,1H3,(H,23,27)/b9-6+,22-12-. The molecule has 0 spiro atoms. The van der Waals surface area contributed by atoms with E-state index in [0.29, 0.717) is 5.16 Å². The average Bonchev–Trinajstić information content (AvgIpc) is 3.07. The minimum atomic E-state index is -0.207. The fourth-order valence-corrected chi connectivity index (χ4v) is 3.46. The zero-order valence-electron chi connectivity index (χ0n) is 15.1. The number of hydrogen-bond acceptors (Lipinski definition) is 5. The minimum Gasteiger partial charge on any atom is -0.305 e. The van der Waals surface area contributed by atoms with E-state index in [1.807, 2.05) is 72.3 Å².